The highest BCUT2D eigenvalue weighted by Crippen LogP contribution is 2.06. The van der Waals surface area contributed by atoms with Crippen molar-refractivity contribution in [3.05, 3.63) is 76.7 Å². The highest BCUT2D eigenvalue weighted by atomic mass is 16.2. The van der Waals surface area contributed by atoms with Crippen molar-refractivity contribution in [3.8, 4) is 5.69 Å². The molecule has 116 valence electrons. The van der Waals surface area contributed by atoms with Gasteiger partial charge in [-0.2, -0.15) is 0 Å². The van der Waals surface area contributed by atoms with Crippen LogP contribution in [-0.2, 0) is 6.54 Å². The number of amides is 1. The summed E-state index contributed by atoms with van der Waals surface area (Å²) in [7, 11) is 1.65. The first-order valence-electron chi connectivity index (χ1n) is 7.03. The van der Waals surface area contributed by atoms with Crippen molar-refractivity contribution in [2.75, 3.05) is 7.05 Å². The average molecular weight is 309 g/mol. The van der Waals surface area contributed by atoms with Crippen LogP contribution in [0.25, 0.3) is 5.69 Å². The Hall–Kier alpha value is -3.22. The van der Waals surface area contributed by atoms with Gasteiger partial charge in [0.1, 0.15) is 5.69 Å². The van der Waals surface area contributed by atoms with E-state index in [1.54, 1.807) is 37.8 Å². The van der Waals surface area contributed by atoms with Gasteiger partial charge >= 0.3 is 0 Å². The minimum Gasteiger partial charge on any atom is -0.334 e. The fraction of sp³-hybridized carbons (Fsp3) is 0.125. The lowest BCUT2D eigenvalue weighted by Crippen LogP contribution is -2.27. The summed E-state index contributed by atoms with van der Waals surface area (Å²) in [6.45, 7) is 0.311. The summed E-state index contributed by atoms with van der Waals surface area (Å²) < 4.78 is 1.34. The number of H-pyrrole nitrogens is 1. The number of carbonyl (C=O) groups is 1. The second kappa shape index (κ2) is 6.27. The summed E-state index contributed by atoms with van der Waals surface area (Å²) in [6.07, 6.45) is 4.74. The standard InChI is InChI=1S/C16H15N5O2/c1-20(11-12-10-17-7-8-18-12)16(23)14-9-15(22)21(19-14)13-5-3-2-4-6-13/h2-10,19H,11H2,1H3. The highest BCUT2D eigenvalue weighted by Gasteiger charge is 2.16. The molecule has 2 aromatic heterocycles. The molecule has 0 aliphatic heterocycles. The number of benzene rings is 1. The van der Waals surface area contributed by atoms with E-state index in [1.165, 1.54) is 15.6 Å². The molecule has 0 atom stereocenters. The summed E-state index contributed by atoms with van der Waals surface area (Å²) in [5.74, 6) is -0.289. The van der Waals surface area contributed by atoms with Crippen molar-refractivity contribution in [1.82, 2.24) is 24.6 Å². The van der Waals surface area contributed by atoms with E-state index in [2.05, 4.69) is 15.1 Å². The predicted molar refractivity (Wildman–Crippen MR) is 84.2 cm³/mol. The van der Waals surface area contributed by atoms with E-state index < -0.39 is 0 Å². The largest absolute Gasteiger partial charge is 0.334 e. The van der Waals surface area contributed by atoms with Crippen LogP contribution in [0, 0.1) is 0 Å². The Morgan fingerprint density at radius 1 is 1.26 bits per heavy atom. The molecule has 0 saturated carbocycles. The molecular formula is C16H15N5O2. The molecule has 0 aliphatic carbocycles. The first-order valence-corrected chi connectivity index (χ1v) is 7.03. The molecule has 0 unspecified atom stereocenters. The van der Waals surface area contributed by atoms with Crippen LogP contribution in [0.3, 0.4) is 0 Å². The molecule has 0 bridgehead atoms. The molecule has 0 radical (unpaired) electrons. The lowest BCUT2D eigenvalue weighted by molar-refractivity contribution is 0.0777. The molecule has 7 heteroatoms. The van der Waals surface area contributed by atoms with Gasteiger partial charge in [-0.1, -0.05) is 18.2 Å². The summed E-state index contributed by atoms with van der Waals surface area (Å²) >= 11 is 0. The summed E-state index contributed by atoms with van der Waals surface area (Å²) in [4.78, 5) is 34.1. The first kappa shape index (κ1) is 14.7. The van der Waals surface area contributed by atoms with Crippen molar-refractivity contribution in [3.63, 3.8) is 0 Å². The van der Waals surface area contributed by atoms with Crippen LogP contribution in [-0.4, -0.2) is 37.6 Å². The average Bonchev–Trinajstić information content (AvgIpc) is 2.97. The van der Waals surface area contributed by atoms with Gasteiger partial charge in [-0.05, 0) is 12.1 Å². The van der Waals surface area contributed by atoms with Gasteiger partial charge in [-0.3, -0.25) is 24.7 Å². The third-order valence-corrected chi connectivity index (χ3v) is 3.33. The topological polar surface area (TPSA) is 83.9 Å². The molecule has 7 nitrogen and oxygen atoms in total. The second-order valence-corrected chi connectivity index (χ2v) is 5.04. The highest BCUT2D eigenvalue weighted by molar-refractivity contribution is 5.92. The lowest BCUT2D eigenvalue weighted by atomic mass is 10.3. The quantitative estimate of drug-likeness (QED) is 0.785. The number of hydrogen-bond donors (Lipinski definition) is 1. The maximum Gasteiger partial charge on any atom is 0.272 e. The third-order valence-electron chi connectivity index (χ3n) is 3.33. The van der Waals surface area contributed by atoms with Crippen LogP contribution in [0.5, 0.6) is 0 Å². The normalized spacial score (nSPS) is 10.5. The van der Waals surface area contributed by atoms with Gasteiger partial charge in [0, 0.05) is 25.5 Å². The molecule has 1 N–H and O–H groups in total. The summed E-state index contributed by atoms with van der Waals surface area (Å²) in [5, 5.41) is 2.84. The Kier molecular flexibility index (Phi) is 4.01. The SMILES string of the molecule is CN(Cc1cnccn1)C(=O)c1cc(=O)n(-c2ccccc2)[nH]1. The number of rotatable bonds is 4. The Balaban J connectivity index is 1.82. The van der Waals surface area contributed by atoms with Crippen LogP contribution < -0.4 is 5.56 Å². The lowest BCUT2D eigenvalue weighted by Gasteiger charge is -2.15. The Morgan fingerprint density at radius 2 is 2.04 bits per heavy atom. The summed E-state index contributed by atoms with van der Waals surface area (Å²) in [5.41, 5.74) is 1.29. The van der Waals surface area contributed by atoms with E-state index in [9.17, 15) is 9.59 Å². The maximum atomic E-state index is 12.4. The second-order valence-electron chi connectivity index (χ2n) is 5.04. The number of carbonyl (C=O) groups excluding carboxylic acids is 1. The molecule has 1 aromatic carbocycles. The molecule has 0 fully saturated rings. The van der Waals surface area contributed by atoms with Crippen LogP contribution in [0.15, 0.2) is 59.8 Å². The first-order chi connectivity index (χ1) is 11.1. The van der Waals surface area contributed by atoms with E-state index in [-0.39, 0.29) is 17.2 Å². The molecule has 3 rings (SSSR count). The maximum absolute atomic E-state index is 12.4. The van der Waals surface area contributed by atoms with Crippen molar-refractivity contribution in [2.45, 2.75) is 6.54 Å². The Labute approximate surface area is 132 Å². The molecule has 2 heterocycles. The van der Waals surface area contributed by atoms with Gasteiger partial charge in [0.15, 0.2) is 0 Å². The number of aromatic nitrogens is 4. The molecule has 23 heavy (non-hydrogen) atoms. The van der Waals surface area contributed by atoms with E-state index in [4.69, 9.17) is 0 Å². The van der Waals surface area contributed by atoms with Gasteiger partial charge in [-0.15, -0.1) is 0 Å². The van der Waals surface area contributed by atoms with Crippen LogP contribution in [0.4, 0.5) is 0 Å². The minimum atomic E-state index is -0.289. The minimum absolute atomic E-state index is 0.227. The molecule has 0 aliphatic rings. The molecular weight excluding hydrogens is 294 g/mol. The molecule has 1 amide bonds. The van der Waals surface area contributed by atoms with E-state index in [0.717, 1.165) is 0 Å². The molecule has 0 saturated heterocycles. The predicted octanol–water partition coefficient (Wildman–Crippen LogP) is 1.23. The smallest absolute Gasteiger partial charge is 0.272 e. The van der Waals surface area contributed by atoms with Gasteiger partial charge in [0.05, 0.1) is 24.1 Å². The zero-order valence-corrected chi connectivity index (χ0v) is 12.5. The monoisotopic (exact) mass is 309 g/mol. The van der Waals surface area contributed by atoms with Gasteiger partial charge in [0.2, 0.25) is 0 Å². The van der Waals surface area contributed by atoms with E-state index in [0.29, 0.717) is 17.9 Å². The fourth-order valence-corrected chi connectivity index (χ4v) is 2.21. The fourth-order valence-electron chi connectivity index (χ4n) is 2.21. The van der Waals surface area contributed by atoms with Gasteiger partial charge in [-0.25, -0.2) is 4.68 Å². The van der Waals surface area contributed by atoms with Crippen LogP contribution in [0.1, 0.15) is 16.2 Å². The van der Waals surface area contributed by atoms with Crippen LogP contribution in [0.2, 0.25) is 0 Å². The van der Waals surface area contributed by atoms with E-state index in [1.807, 2.05) is 18.2 Å². The zero-order valence-electron chi connectivity index (χ0n) is 12.5. The number of nitrogens with zero attached hydrogens (tertiary/aromatic N) is 4. The number of para-hydroxylation sites is 1. The van der Waals surface area contributed by atoms with Crippen molar-refractivity contribution < 1.29 is 4.79 Å². The van der Waals surface area contributed by atoms with E-state index >= 15 is 0 Å². The Morgan fingerprint density at radius 3 is 2.74 bits per heavy atom. The van der Waals surface area contributed by atoms with Crippen LogP contribution >= 0.6 is 0 Å². The molecule has 0 spiro atoms. The summed E-state index contributed by atoms with van der Waals surface area (Å²) in [6, 6.07) is 10.4. The molecule has 3 aromatic rings. The van der Waals surface area contributed by atoms with Crippen molar-refractivity contribution >= 4 is 5.91 Å². The Bertz CT molecular complexity index is 855. The number of hydrogen-bond acceptors (Lipinski definition) is 4. The number of nitrogens with one attached hydrogen (secondary N) is 1. The van der Waals surface area contributed by atoms with Crippen molar-refractivity contribution in [1.29, 1.82) is 0 Å². The van der Waals surface area contributed by atoms with Gasteiger partial charge in [0.25, 0.3) is 11.5 Å². The zero-order chi connectivity index (χ0) is 16.2. The third kappa shape index (κ3) is 3.18. The van der Waals surface area contributed by atoms with Gasteiger partial charge < -0.3 is 4.90 Å². The number of aromatic amines is 1. The van der Waals surface area contributed by atoms with Crippen molar-refractivity contribution in [2.24, 2.45) is 0 Å².